The van der Waals surface area contributed by atoms with Crippen LogP contribution in [0.15, 0.2) is 23.1 Å². The first-order chi connectivity index (χ1) is 9.52. The fourth-order valence-corrected chi connectivity index (χ4v) is 2.81. The minimum atomic E-state index is -0.152. The van der Waals surface area contributed by atoms with E-state index in [0.717, 1.165) is 4.90 Å². The second kappa shape index (κ2) is 5.97. The molecule has 0 aliphatic carbocycles. The average Bonchev–Trinajstić information content (AvgIpc) is 2.44. The van der Waals surface area contributed by atoms with E-state index in [0.29, 0.717) is 24.2 Å². The number of nitrogens with zero attached hydrogens (tertiary/aromatic N) is 2. The van der Waals surface area contributed by atoms with Crippen LogP contribution in [0.4, 0.5) is 5.69 Å². The summed E-state index contributed by atoms with van der Waals surface area (Å²) in [6.07, 6.45) is 0.303. The Balaban J connectivity index is 2.19. The number of anilines is 1. The van der Waals surface area contributed by atoms with Gasteiger partial charge in [0.05, 0.1) is 23.4 Å². The van der Waals surface area contributed by atoms with Gasteiger partial charge >= 0.3 is 0 Å². The summed E-state index contributed by atoms with van der Waals surface area (Å²) in [5.41, 5.74) is 1.19. The van der Waals surface area contributed by atoms with Crippen LogP contribution in [0, 0.1) is 11.3 Å². The van der Waals surface area contributed by atoms with Crippen LogP contribution < -0.4 is 5.32 Å². The van der Waals surface area contributed by atoms with Gasteiger partial charge in [-0.3, -0.25) is 9.59 Å². The number of rotatable bonds is 3. The summed E-state index contributed by atoms with van der Waals surface area (Å²) in [6, 6.07) is 7.30. The summed E-state index contributed by atoms with van der Waals surface area (Å²) in [4.78, 5) is 26.3. The summed E-state index contributed by atoms with van der Waals surface area (Å²) >= 11 is 1.48. The molecule has 0 radical (unpaired) electrons. The zero-order valence-corrected chi connectivity index (χ0v) is 12.2. The van der Waals surface area contributed by atoms with Gasteiger partial charge < -0.3 is 10.2 Å². The number of thioether (sulfide) groups is 1. The van der Waals surface area contributed by atoms with Gasteiger partial charge in [-0.05, 0) is 25.1 Å². The van der Waals surface area contributed by atoms with Gasteiger partial charge in [0.2, 0.25) is 5.91 Å². The third-order valence-corrected chi connectivity index (χ3v) is 4.24. The molecule has 0 aromatic heterocycles. The molecule has 5 nitrogen and oxygen atoms in total. The number of fused-ring (bicyclic) bond motifs is 1. The molecule has 0 bridgehead atoms. The Kier molecular flexibility index (Phi) is 4.30. The molecule has 2 rings (SSSR count). The second-order valence-corrected chi connectivity index (χ2v) is 5.98. The van der Waals surface area contributed by atoms with Crippen molar-refractivity contribution in [1.82, 2.24) is 4.90 Å². The molecule has 1 aliphatic heterocycles. The van der Waals surface area contributed by atoms with Gasteiger partial charge in [-0.2, -0.15) is 5.26 Å². The van der Waals surface area contributed by atoms with E-state index in [2.05, 4.69) is 5.32 Å². The predicted molar refractivity (Wildman–Crippen MR) is 77.6 cm³/mol. The van der Waals surface area contributed by atoms with Crippen LogP contribution in [0.3, 0.4) is 0 Å². The predicted octanol–water partition coefficient (Wildman–Crippen LogP) is 2.10. The molecular weight excluding hydrogens is 274 g/mol. The monoisotopic (exact) mass is 289 g/mol. The van der Waals surface area contributed by atoms with E-state index in [1.165, 1.54) is 16.7 Å². The van der Waals surface area contributed by atoms with Crippen molar-refractivity contribution in [2.75, 3.05) is 18.9 Å². The van der Waals surface area contributed by atoms with Crippen molar-refractivity contribution < 1.29 is 9.59 Å². The maximum Gasteiger partial charge on any atom is 0.253 e. The van der Waals surface area contributed by atoms with Gasteiger partial charge in [-0.1, -0.05) is 0 Å². The van der Waals surface area contributed by atoms with Crippen LogP contribution in [-0.2, 0) is 4.79 Å². The zero-order valence-electron chi connectivity index (χ0n) is 11.3. The maximum atomic E-state index is 12.2. The molecule has 6 heteroatoms. The van der Waals surface area contributed by atoms with E-state index >= 15 is 0 Å². The molecule has 0 saturated carbocycles. The van der Waals surface area contributed by atoms with Crippen LogP contribution in [0.1, 0.15) is 23.7 Å². The Hall–Kier alpha value is -2.00. The zero-order chi connectivity index (χ0) is 14.7. The van der Waals surface area contributed by atoms with Crippen molar-refractivity contribution in [2.45, 2.75) is 23.5 Å². The molecule has 0 saturated heterocycles. The molecule has 1 N–H and O–H groups in total. The number of hydrogen-bond acceptors (Lipinski definition) is 4. The van der Waals surface area contributed by atoms with Crippen LogP contribution in [-0.4, -0.2) is 35.6 Å². The average molecular weight is 289 g/mol. The van der Waals surface area contributed by atoms with Crippen molar-refractivity contribution >= 4 is 29.3 Å². The van der Waals surface area contributed by atoms with Crippen LogP contribution in [0.2, 0.25) is 0 Å². The van der Waals surface area contributed by atoms with E-state index in [9.17, 15) is 9.59 Å². The molecule has 1 atom stereocenters. The minimum Gasteiger partial charge on any atom is -0.341 e. The Morgan fingerprint density at radius 2 is 2.30 bits per heavy atom. The SMILES string of the molecule is CC1Sc2ccc(C(=O)N(C)CCC#N)cc2NC1=O. The number of benzene rings is 1. The van der Waals surface area contributed by atoms with Gasteiger partial charge in [0, 0.05) is 24.1 Å². The van der Waals surface area contributed by atoms with E-state index in [-0.39, 0.29) is 17.1 Å². The summed E-state index contributed by atoms with van der Waals surface area (Å²) in [7, 11) is 1.66. The first-order valence-electron chi connectivity index (χ1n) is 6.27. The normalized spacial score (nSPS) is 16.9. The van der Waals surface area contributed by atoms with E-state index in [1.54, 1.807) is 19.2 Å². The first-order valence-corrected chi connectivity index (χ1v) is 7.15. The molecule has 1 aliphatic rings. The highest BCUT2D eigenvalue weighted by Gasteiger charge is 2.24. The molecular formula is C14H15N3O2S. The number of hydrogen-bond donors (Lipinski definition) is 1. The van der Waals surface area contributed by atoms with Gasteiger partial charge in [0.25, 0.3) is 5.91 Å². The number of amides is 2. The lowest BCUT2D eigenvalue weighted by molar-refractivity contribution is -0.115. The smallest absolute Gasteiger partial charge is 0.253 e. The number of carbonyl (C=O) groups is 2. The Morgan fingerprint density at radius 3 is 3.00 bits per heavy atom. The van der Waals surface area contributed by atoms with Crippen molar-refractivity contribution in [2.24, 2.45) is 0 Å². The maximum absolute atomic E-state index is 12.2. The van der Waals surface area contributed by atoms with Gasteiger partial charge in [0.1, 0.15) is 0 Å². The third-order valence-electron chi connectivity index (χ3n) is 3.06. The summed E-state index contributed by atoms with van der Waals surface area (Å²) in [5, 5.41) is 11.2. The van der Waals surface area contributed by atoms with Crippen LogP contribution in [0.5, 0.6) is 0 Å². The number of nitriles is 1. The fraction of sp³-hybridized carbons (Fsp3) is 0.357. The summed E-state index contributed by atoms with van der Waals surface area (Å²) < 4.78 is 0. The number of carbonyl (C=O) groups excluding carboxylic acids is 2. The van der Waals surface area contributed by atoms with Crippen molar-refractivity contribution in [3.05, 3.63) is 23.8 Å². The van der Waals surface area contributed by atoms with Gasteiger partial charge in [-0.15, -0.1) is 11.8 Å². The molecule has 1 aromatic rings. The number of nitrogens with one attached hydrogen (secondary N) is 1. The lowest BCUT2D eigenvalue weighted by atomic mass is 10.1. The highest BCUT2D eigenvalue weighted by atomic mass is 32.2. The lowest BCUT2D eigenvalue weighted by Crippen LogP contribution is -2.29. The quantitative estimate of drug-likeness (QED) is 0.925. The topological polar surface area (TPSA) is 73.2 Å². The first kappa shape index (κ1) is 14.4. The molecule has 1 aromatic carbocycles. The molecule has 2 amide bonds. The lowest BCUT2D eigenvalue weighted by Gasteiger charge is -2.22. The Bertz CT molecular complexity index is 595. The van der Waals surface area contributed by atoms with Crippen LogP contribution in [0.25, 0.3) is 0 Å². The standard InChI is InChI=1S/C14H15N3O2S/c1-9-13(18)16-11-8-10(4-5-12(11)20-9)14(19)17(2)7-3-6-15/h4-5,8-9H,3,7H2,1-2H3,(H,16,18). The summed E-state index contributed by atoms with van der Waals surface area (Å²) in [5.74, 6) is -0.203. The molecule has 104 valence electrons. The minimum absolute atomic E-state index is 0.0510. The van der Waals surface area contributed by atoms with Crippen molar-refractivity contribution in [1.29, 1.82) is 5.26 Å². The largest absolute Gasteiger partial charge is 0.341 e. The molecule has 1 heterocycles. The highest BCUT2D eigenvalue weighted by Crippen LogP contribution is 2.36. The molecule has 1 unspecified atom stereocenters. The van der Waals surface area contributed by atoms with Crippen molar-refractivity contribution in [3.63, 3.8) is 0 Å². The fourth-order valence-electron chi connectivity index (χ4n) is 1.88. The molecule has 0 spiro atoms. The third kappa shape index (κ3) is 2.94. The van der Waals surface area contributed by atoms with Crippen molar-refractivity contribution in [3.8, 4) is 6.07 Å². The Morgan fingerprint density at radius 1 is 1.55 bits per heavy atom. The van der Waals surface area contributed by atoms with Crippen LogP contribution >= 0.6 is 11.8 Å². The van der Waals surface area contributed by atoms with E-state index < -0.39 is 0 Å². The molecule has 0 fully saturated rings. The Labute approximate surface area is 121 Å². The highest BCUT2D eigenvalue weighted by molar-refractivity contribution is 8.00. The van der Waals surface area contributed by atoms with E-state index in [4.69, 9.17) is 5.26 Å². The molecule has 20 heavy (non-hydrogen) atoms. The second-order valence-electron chi connectivity index (χ2n) is 4.60. The summed E-state index contributed by atoms with van der Waals surface area (Å²) in [6.45, 7) is 2.24. The van der Waals surface area contributed by atoms with Gasteiger partial charge in [-0.25, -0.2) is 0 Å². The van der Waals surface area contributed by atoms with E-state index in [1.807, 2.05) is 19.1 Å². The van der Waals surface area contributed by atoms with Gasteiger partial charge in [0.15, 0.2) is 0 Å².